The molecule has 1 nitrogen and oxygen atoms in total. The van der Waals surface area contributed by atoms with E-state index in [1.54, 1.807) is 0 Å². The van der Waals surface area contributed by atoms with Gasteiger partial charge in [-0.05, 0) is 24.3 Å². The number of ketones is 1. The number of fused-ring (bicyclic) bond motifs is 1. The zero-order valence-electron chi connectivity index (χ0n) is 15.3. The average molecular weight is 434 g/mol. The molecule has 2 atom stereocenters. The van der Waals surface area contributed by atoms with Gasteiger partial charge in [0.25, 0.3) is 0 Å². The number of benzene rings is 1. The third kappa shape index (κ3) is 3.86. The van der Waals surface area contributed by atoms with Crippen molar-refractivity contribution in [3.05, 3.63) is 35.4 Å². The van der Waals surface area contributed by atoms with Gasteiger partial charge in [-0.1, -0.05) is 50.5 Å². The zero-order valence-corrected chi connectivity index (χ0v) is 15.3. The summed E-state index contributed by atoms with van der Waals surface area (Å²) in [4.78, 5) is 12.4. The molecule has 164 valence electrons. The van der Waals surface area contributed by atoms with Gasteiger partial charge in [0, 0.05) is 5.56 Å². The summed E-state index contributed by atoms with van der Waals surface area (Å²) in [5.74, 6) is -25.1. The minimum absolute atomic E-state index is 0.214. The van der Waals surface area contributed by atoms with E-state index >= 15 is 0 Å². The van der Waals surface area contributed by atoms with Crippen LogP contribution in [0.5, 0.6) is 0 Å². The SMILES string of the molecule is CCCCCC1CC(C(F)(F)C(F)(F)C(F)(F)C(F)(F)F)C(=O)c2ccccc21. The molecule has 0 radical (unpaired) electrons. The van der Waals surface area contributed by atoms with Crippen molar-refractivity contribution in [3.8, 4) is 0 Å². The minimum atomic E-state index is -7.00. The van der Waals surface area contributed by atoms with Crippen molar-refractivity contribution in [3.63, 3.8) is 0 Å². The van der Waals surface area contributed by atoms with Crippen LogP contribution >= 0.6 is 0 Å². The predicted octanol–water partition coefficient (Wildman–Crippen LogP) is 7.02. The summed E-state index contributed by atoms with van der Waals surface area (Å²) < 4.78 is 120. The number of hydrogen-bond acceptors (Lipinski definition) is 1. The summed E-state index contributed by atoms with van der Waals surface area (Å²) in [5, 5.41) is 0. The van der Waals surface area contributed by atoms with E-state index in [0.29, 0.717) is 18.4 Å². The van der Waals surface area contributed by atoms with Gasteiger partial charge in [0.15, 0.2) is 5.78 Å². The Labute approximate surface area is 161 Å². The van der Waals surface area contributed by atoms with E-state index in [1.165, 1.54) is 18.2 Å². The molecule has 0 fully saturated rings. The van der Waals surface area contributed by atoms with Crippen molar-refractivity contribution in [2.45, 2.75) is 68.9 Å². The van der Waals surface area contributed by atoms with Crippen molar-refractivity contribution < 1.29 is 44.3 Å². The Morgan fingerprint density at radius 1 is 0.897 bits per heavy atom. The topological polar surface area (TPSA) is 17.1 Å². The van der Waals surface area contributed by atoms with Crippen LogP contribution in [-0.4, -0.2) is 29.7 Å². The van der Waals surface area contributed by atoms with Gasteiger partial charge in [-0.25, -0.2) is 0 Å². The molecule has 0 saturated carbocycles. The maximum Gasteiger partial charge on any atom is 0.460 e. The molecule has 0 bridgehead atoms. The van der Waals surface area contributed by atoms with Crippen molar-refractivity contribution >= 4 is 5.78 Å². The maximum absolute atomic E-state index is 14.5. The first-order chi connectivity index (χ1) is 13.2. The molecule has 1 aliphatic rings. The smallest absolute Gasteiger partial charge is 0.294 e. The van der Waals surface area contributed by atoms with Crippen LogP contribution in [0, 0.1) is 5.92 Å². The molecule has 0 aliphatic heterocycles. The summed E-state index contributed by atoms with van der Waals surface area (Å²) in [6, 6.07) is 5.32. The molecule has 2 unspecified atom stereocenters. The number of Topliss-reactive ketones (excluding diaryl/α,β-unsaturated/α-hetero) is 1. The van der Waals surface area contributed by atoms with Gasteiger partial charge in [-0.15, -0.1) is 0 Å². The fraction of sp³-hybridized carbons (Fsp3) is 0.632. The Morgan fingerprint density at radius 2 is 1.48 bits per heavy atom. The summed E-state index contributed by atoms with van der Waals surface area (Å²) in [5.41, 5.74) is -0.0393. The minimum Gasteiger partial charge on any atom is -0.294 e. The standard InChI is InChI=1S/C19H19F9O/c1-2-3-4-7-11-10-14(15(29)13-9-6-5-8-12(11)13)16(20,21)17(22,23)18(24,25)19(26,27)28/h5-6,8-9,11,14H,2-4,7,10H2,1H3. The van der Waals surface area contributed by atoms with Gasteiger partial charge in [0.1, 0.15) is 0 Å². The number of unbranched alkanes of at least 4 members (excludes halogenated alkanes) is 2. The second-order valence-corrected chi connectivity index (χ2v) is 7.20. The average Bonchev–Trinajstić information content (AvgIpc) is 2.62. The predicted molar refractivity (Wildman–Crippen MR) is 86.7 cm³/mol. The third-order valence-electron chi connectivity index (χ3n) is 5.27. The normalized spacial score (nSPS) is 21.2. The molecular formula is C19H19F9O. The lowest BCUT2D eigenvalue weighted by Gasteiger charge is -2.40. The third-order valence-corrected chi connectivity index (χ3v) is 5.27. The van der Waals surface area contributed by atoms with E-state index in [1.807, 2.05) is 6.92 Å². The van der Waals surface area contributed by atoms with Crippen LogP contribution in [0.1, 0.15) is 60.9 Å². The first kappa shape index (κ1) is 23.5. The van der Waals surface area contributed by atoms with Crippen LogP contribution in [0.25, 0.3) is 0 Å². The van der Waals surface area contributed by atoms with Crippen LogP contribution in [0.2, 0.25) is 0 Å². The quantitative estimate of drug-likeness (QED) is 0.333. The van der Waals surface area contributed by atoms with Gasteiger partial charge in [-0.3, -0.25) is 4.79 Å². The first-order valence-electron chi connectivity index (χ1n) is 9.03. The molecule has 29 heavy (non-hydrogen) atoms. The largest absolute Gasteiger partial charge is 0.460 e. The number of halogens is 9. The second kappa shape index (κ2) is 7.83. The Morgan fingerprint density at radius 3 is 2.03 bits per heavy atom. The number of carbonyl (C=O) groups is 1. The highest BCUT2D eigenvalue weighted by Gasteiger charge is 2.83. The summed E-state index contributed by atoms with van der Waals surface area (Å²) in [6.45, 7) is 1.86. The highest BCUT2D eigenvalue weighted by atomic mass is 19.4. The lowest BCUT2D eigenvalue weighted by Crippen LogP contribution is -2.64. The van der Waals surface area contributed by atoms with Crippen LogP contribution in [0.15, 0.2) is 24.3 Å². The molecule has 10 heteroatoms. The van der Waals surface area contributed by atoms with Crippen molar-refractivity contribution in [2.75, 3.05) is 0 Å². The Hall–Kier alpha value is -1.74. The van der Waals surface area contributed by atoms with Gasteiger partial charge in [0.05, 0.1) is 5.92 Å². The highest BCUT2D eigenvalue weighted by Crippen LogP contribution is 2.57. The van der Waals surface area contributed by atoms with Gasteiger partial charge >= 0.3 is 23.9 Å². The van der Waals surface area contributed by atoms with Crippen molar-refractivity contribution in [1.29, 1.82) is 0 Å². The first-order valence-corrected chi connectivity index (χ1v) is 9.03. The fourth-order valence-corrected chi connectivity index (χ4v) is 3.62. The number of alkyl halides is 9. The molecule has 0 heterocycles. The number of rotatable bonds is 7. The number of hydrogen-bond donors (Lipinski definition) is 0. The highest BCUT2D eigenvalue weighted by molar-refractivity contribution is 6.01. The lowest BCUT2D eigenvalue weighted by molar-refractivity contribution is -0.401. The fourth-order valence-electron chi connectivity index (χ4n) is 3.62. The van der Waals surface area contributed by atoms with Gasteiger partial charge in [0.2, 0.25) is 0 Å². The molecule has 0 spiro atoms. The summed E-state index contributed by atoms with van der Waals surface area (Å²) in [6.07, 6.45) is -5.70. The second-order valence-electron chi connectivity index (χ2n) is 7.20. The van der Waals surface area contributed by atoms with E-state index in [4.69, 9.17) is 0 Å². The molecule has 0 amide bonds. The van der Waals surface area contributed by atoms with Gasteiger partial charge in [-0.2, -0.15) is 39.5 Å². The van der Waals surface area contributed by atoms with E-state index < -0.39 is 48.0 Å². The maximum atomic E-state index is 14.5. The van der Waals surface area contributed by atoms with E-state index in [0.717, 1.165) is 12.5 Å². The Balaban J connectivity index is 2.48. The van der Waals surface area contributed by atoms with Crippen LogP contribution in [0.3, 0.4) is 0 Å². The van der Waals surface area contributed by atoms with E-state index in [2.05, 4.69) is 0 Å². The summed E-state index contributed by atoms with van der Waals surface area (Å²) >= 11 is 0. The summed E-state index contributed by atoms with van der Waals surface area (Å²) in [7, 11) is 0. The Kier molecular flexibility index (Phi) is 6.36. The molecule has 0 saturated heterocycles. The molecule has 1 aromatic carbocycles. The van der Waals surface area contributed by atoms with E-state index in [9.17, 15) is 44.3 Å². The Bertz CT molecular complexity index is 739. The molecule has 2 rings (SSSR count). The molecule has 0 N–H and O–H groups in total. The molecule has 1 aliphatic carbocycles. The van der Waals surface area contributed by atoms with Crippen LogP contribution in [-0.2, 0) is 0 Å². The molecule has 0 aromatic heterocycles. The van der Waals surface area contributed by atoms with Crippen LogP contribution < -0.4 is 0 Å². The molecular weight excluding hydrogens is 415 g/mol. The zero-order chi connectivity index (χ0) is 22.3. The lowest BCUT2D eigenvalue weighted by atomic mass is 9.70. The van der Waals surface area contributed by atoms with Gasteiger partial charge < -0.3 is 0 Å². The van der Waals surface area contributed by atoms with E-state index in [-0.39, 0.29) is 12.0 Å². The molecule has 1 aromatic rings. The van der Waals surface area contributed by atoms with Crippen LogP contribution in [0.4, 0.5) is 39.5 Å². The number of carbonyl (C=O) groups excluding carboxylic acids is 1. The van der Waals surface area contributed by atoms with Crippen molar-refractivity contribution in [2.24, 2.45) is 5.92 Å². The monoisotopic (exact) mass is 434 g/mol. The van der Waals surface area contributed by atoms with Crippen molar-refractivity contribution in [1.82, 2.24) is 0 Å².